The Morgan fingerprint density at radius 2 is 2.23 bits per heavy atom. The number of aryl methyl sites for hydroxylation is 1. The van der Waals surface area contributed by atoms with Gasteiger partial charge < -0.3 is 4.74 Å². The standard InChI is InChI=1S/C10H19N2O/c1-4-5-11-6-7-12(8-11)9-13-10(2)3/h6-8,10H,4-5,9H2,1-3H3/q+1. The fourth-order valence-corrected chi connectivity index (χ4v) is 1.14. The second-order valence-electron chi connectivity index (χ2n) is 3.51. The summed E-state index contributed by atoms with van der Waals surface area (Å²) in [6, 6.07) is 0. The van der Waals surface area contributed by atoms with E-state index in [9.17, 15) is 0 Å². The van der Waals surface area contributed by atoms with E-state index < -0.39 is 0 Å². The van der Waals surface area contributed by atoms with Gasteiger partial charge in [-0.15, -0.1) is 0 Å². The summed E-state index contributed by atoms with van der Waals surface area (Å²) in [6.45, 7) is 7.99. The van der Waals surface area contributed by atoms with Crippen molar-refractivity contribution in [3.8, 4) is 0 Å². The van der Waals surface area contributed by atoms with E-state index in [2.05, 4.69) is 28.6 Å². The maximum Gasteiger partial charge on any atom is 0.245 e. The molecular formula is C10H19N2O+. The van der Waals surface area contributed by atoms with Crippen molar-refractivity contribution in [1.82, 2.24) is 4.57 Å². The van der Waals surface area contributed by atoms with E-state index in [0.29, 0.717) is 12.8 Å². The zero-order chi connectivity index (χ0) is 9.68. The normalized spacial score (nSPS) is 11.1. The number of hydrogen-bond acceptors (Lipinski definition) is 1. The summed E-state index contributed by atoms with van der Waals surface area (Å²) < 4.78 is 9.69. The maximum atomic E-state index is 5.47. The molecular weight excluding hydrogens is 164 g/mol. The van der Waals surface area contributed by atoms with E-state index in [-0.39, 0.29) is 0 Å². The monoisotopic (exact) mass is 183 g/mol. The Labute approximate surface area is 79.9 Å². The molecule has 0 aliphatic carbocycles. The predicted octanol–water partition coefficient (Wildman–Crippen LogP) is 1.57. The van der Waals surface area contributed by atoms with Gasteiger partial charge in [0.15, 0.2) is 6.73 Å². The Morgan fingerprint density at radius 3 is 2.85 bits per heavy atom. The van der Waals surface area contributed by atoms with Gasteiger partial charge in [-0.2, -0.15) is 0 Å². The molecule has 0 saturated heterocycles. The summed E-state index contributed by atoms with van der Waals surface area (Å²) in [7, 11) is 0. The first-order chi connectivity index (χ1) is 6.22. The van der Waals surface area contributed by atoms with Crippen molar-refractivity contribution in [3.63, 3.8) is 0 Å². The van der Waals surface area contributed by atoms with Gasteiger partial charge in [-0.05, 0) is 20.3 Å². The Kier molecular flexibility index (Phi) is 3.96. The fraction of sp³-hybridized carbons (Fsp3) is 0.700. The Balaban J connectivity index is 2.39. The highest BCUT2D eigenvalue weighted by molar-refractivity contribution is 4.65. The highest BCUT2D eigenvalue weighted by Crippen LogP contribution is 1.90. The van der Waals surface area contributed by atoms with E-state index in [1.807, 2.05) is 20.0 Å². The molecule has 1 aromatic heterocycles. The van der Waals surface area contributed by atoms with E-state index in [1.54, 1.807) is 0 Å². The molecule has 0 unspecified atom stereocenters. The van der Waals surface area contributed by atoms with Gasteiger partial charge in [0.1, 0.15) is 12.4 Å². The number of nitrogens with zero attached hydrogens (tertiary/aromatic N) is 2. The lowest BCUT2D eigenvalue weighted by atomic mass is 10.5. The van der Waals surface area contributed by atoms with Crippen LogP contribution in [-0.2, 0) is 18.0 Å². The third-order valence-electron chi connectivity index (χ3n) is 1.78. The van der Waals surface area contributed by atoms with Crippen molar-refractivity contribution in [1.29, 1.82) is 0 Å². The molecule has 1 aromatic rings. The van der Waals surface area contributed by atoms with Crippen molar-refractivity contribution in [2.24, 2.45) is 0 Å². The molecule has 0 bridgehead atoms. The first-order valence-corrected chi connectivity index (χ1v) is 4.88. The summed E-state index contributed by atoms with van der Waals surface area (Å²) in [6.07, 6.45) is 7.65. The first-order valence-electron chi connectivity index (χ1n) is 4.88. The lowest BCUT2D eigenvalue weighted by molar-refractivity contribution is -0.734. The molecule has 0 N–H and O–H groups in total. The molecule has 0 aliphatic heterocycles. The van der Waals surface area contributed by atoms with Gasteiger partial charge in [0.25, 0.3) is 0 Å². The van der Waals surface area contributed by atoms with Crippen LogP contribution in [0, 0.1) is 0 Å². The van der Waals surface area contributed by atoms with Gasteiger partial charge in [-0.25, -0.2) is 9.13 Å². The molecule has 0 aliphatic rings. The summed E-state index contributed by atoms with van der Waals surface area (Å²) in [5.74, 6) is 0. The molecule has 0 radical (unpaired) electrons. The molecule has 0 fully saturated rings. The minimum atomic E-state index is 0.294. The number of imidazole rings is 1. The molecule has 0 aromatic carbocycles. The van der Waals surface area contributed by atoms with Crippen LogP contribution in [0.1, 0.15) is 27.2 Å². The van der Waals surface area contributed by atoms with Gasteiger partial charge in [0.05, 0.1) is 12.6 Å². The Hall–Kier alpha value is -0.830. The topological polar surface area (TPSA) is 18.0 Å². The fourth-order valence-electron chi connectivity index (χ4n) is 1.14. The second kappa shape index (κ2) is 5.02. The summed E-state index contributed by atoms with van der Waals surface area (Å²) in [5, 5.41) is 0. The molecule has 3 heteroatoms. The zero-order valence-electron chi connectivity index (χ0n) is 8.73. The van der Waals surface area contributed by atoms with Crippen molar-refractivity contribution in [3.05, 3.63) is 18.7 Å². The Bertz CT molecular complexity index is 243. The second-order valence-corrected chi connectivity index (χ2v) is 3.51. The molecule has 1 rings (SSSR count). The van der Waals surface area contributed by atoms with Crippen LogP contribution >= 0.6 is 0 Å². The minimum Gasteiger partial charge on any atom is -0.339 e. The SMILES string of the molecule is CCCn1cc[n+](COC(C)C)c1. The third kappa shape index (κ3) is 3.59. The number of rotatable bonds is 5. The van der Waals surface area contributed by atoms with Crippen LogP contribution in [0.25, 0.3) is 0 Å². The van der Waals surface area contributed by atoms with Crippen LogP contribution < -0.4 is 4.57 Å². The smallest absolute Gasteiger partial charge is 0.245 e. The number of aromatic nitrogens is 2. The molecule has 0 atom stereocenters. The molecule has 0 saturated carbocycles. The minimum absolute atomic E-state index is 0.294. The van der Waals surface area contributed by atoms with Crippen LogP contribution in [0.4, 0.5) is 0 Å². The highest BCUT2D eigenvalue weighted by Gasteiger charge is 2.02. The lowest BCUT2D eigenvalue weighted by Crippen LogP contribution is -2.33. The first kappa shape index (κ1) is 10.3. The maximum absolute atomic E-state index is 5.47. The van der Waals surface area contributed by atoms with E-state index in [4.69, 9.17) is 4.74 Å². The van der Waals surface area contributed by atoms with Gasteiger partial charge in [-0.1, -0.05) is 6.92 Å². The van der Waals surface area contributed by atoms with Gasteiger partial charge in [-0.3, -0.25) is 0 Å². The summed E-state index contributed by atoms with van der Waals surface area (Å²) in [5.41, 5.74) is 0. The van der Waals surface area contributed by atoms with Crippen molar-refractivity contribution in [2.75, 3.05) is 0 Å². The average Bonchev–Trinajstić information content (AvgIpc) is 2.50. The molecule has 74 valence electrons. The van der Waals surface area contributed by atoms with E-state index in [0.717, 1.165) is 6.54 Å². The van der Waals surface area contributed by atoms with E-state index >= 15 is 0 Å². The van der Waals surface area contributed by atoms with Crippen LogP contribution in [0.5, 0.6) is 0 Å². The lowest BCUT2D eigenvalue weighted by Gasteiger charge is -2.03. The Morgan fingerprint density at radius 1 is 1.46 bits per heavy atom. The number of hydrogen-bond donors (Lipinski definition) is 0. The van der Waals surface area contributed by atoms with Gasteiger partial charge in [0, 0.05) is 0 Å². The van der Waals surface area contributed by atoms with Gasteiger partial charge >= 0.3 is 0 Å². The largest absolute Gasteiger partial charge is 0.339 e. The van der Waals surface area contributed by atoms with Crippen molar-refractivity contribution in [2.45, 2.75) is 46.6 Å². The molecule has 1 heterocycles. The molecule has 0 spiro atoms. The van der Waals surface area contributed by atoms with Crippen LogP contribution in [0.3, 0.4) is 0 Å². The quantitative estimate of drug-likeness (QED) is 0.634. The predicted molar refractivity (Wildman–Crippen MR) is 51.1 cm³/mol. The summed E-state index contributed by atoms with van der Waals surface area (Å²) >= 11 is 0. The zero-order valence-corrected chi connectivity index (χ0v) is 8.73. The highest BCUT2D eigenvalue weighted by atomic mass is 16.5. The molecule has 0 amide bonds. The molecule has 13 heavy (non-hydrogen) atoms. The van der Waals surface area contributed by atoms with E-state index in [1.165, 1.54) is 6.42 Å². The van der Waals surface area contributed by atoms with Crippen molar-refractivity contribution < 1.29 is 9.30 Å². The van der Waals surface area contributed by atoms with Gasteiger partial charge in [0.2, 0.25) is 6.33 Å². The molecule has 3 nitrogen and oxygen atoms in total. The average molecular weight is 183 g/mol. The van der Waals surface area contributed by atoms with Crippen molar-refractivity contribution >= 4 is 0 Å². The van der Waals surface area contributed by atoms with Crippen LogP contribution in [-0.4, -0.2) is 10.7 Å². The summed E-state index contributed by atoms with van der Waals surface area (Å²) in [4.78, 5) is 0. The van der Waals surface area contributed by atoms with Crippen LogP contribution in [0.2, 0.25) is 0 Å². The third-order valence-corrected chi connectivity index (χ3v) is 1.78. The van der Waals surface area contributed by atoms with Crippen LogP contribution in [0.15, 0.2) is 18.7 Å². The number of ether oxygens (including phenoxy) is 1.